The molecular formula is C21H26O2. The summed E-state index contributed by atoms with van der Waals surface area (Å²) in [6.45, 7) is 4.69. The summed E-state index contributed by atoms with van der Waals surface area (Å²) in [5.41, 5.74) is 1.98. The SMILES string of the molecule is C#C[C@]1(O)C[C@H]2[C@@H]3CCc4cc(O)ccc4[C@H]3[C@@H](C)C[C@]2(C)C1. The van der Waals surface area contributed by atoms with E-state index in [1.807, 2.05) is 12.1 Å². The molecule has 1 aromatic rings. The zero-order valence-electron chi connectivity index (χ0n) is 14.0. The third-order valence-corrected chi connectivity index (χ3v) is 7.03. The second kappa shape index (κ2) is 4.77. The van der Waals surface area contributed by atoms with Crippen molar-refractivity contribution in [1.29, 1.82) is 0 Å². The van der Waals surface area contributed by atoms with Crippen LogP contribution in [0.25, 0.3) is 0 Å². The largest absolute Gasteiger partial charge is 0.508 e. The Hall–Kier alpha value is -1.46. The van der Waals surface area contributed by atoms with Crippen molar-refractivity contribution in [2.75, 3.05) is 0 Å². The van der Waals surface area contributed by atoms with Crippen LogP contribution in [0.4, 0.5) is 0 Å². The van der Waals surface area contributed by atoms with Gasteiger partial charge in [-0.1, -0.05) is 25.8 Å². The van der Waals surface area contributed by atoms with Gasteiger partial charge in [0.2, 0.25) is 0 Å². The van der Waals surface area contributed by atoms with Crippen molar-refractivity contribution in [3.8, 4) is 18.1 Å². The fourth-order valence-electron chi connectivity index (χ4n) is 6.39. The molecule has 122 valence electrons. The van der Waals surface area contributed by atoms with Crippen molar-refractivity contribution >= 4 is 0 Å². The van der Waals surface area contributed by atoms with E-state index < -0.39 is 5.60 Å². The molecule has 2 fully saturated rings. The number of aryl methyl sites for hydroxylation is 1. The molecule has 0 amide bonds. The molecule has 0 heterocycles. The van der Waals surface area contributed by atoms with Gasteiger partial charge in [0, 0.05) is 0 Å². The van der Waals surface area contributed by atoms with E-state index >= 15 is 0 Å². The summed E-state index contributed by atoms with van der Waals surface area (Å²) in [6.07, 6.45) is 10.4. The van der Waals surface area contributed by atoms with E-state index in [0.29, 0.717) is 29.4 Å². The molecule has 23 heavy (non-hydrogen) atoms. The van der Waals surface area contributed by atoms with Gasteiger partial charge in [-0.15, -0.1) is 6.42 Å². The Balaban J connectivity index is 1.75. The van der Waals surface area contributed by atoms with Gasteiger partial charge in [-0.3, -0.25) is 0 Å². The molecular weight excluding hydrogens is 284 g/mol. The number of aliphatic hydroxyl groups is 1. The molecule has 0 unspecified atom stereocenters. The van der Waals surface area contributed by atoms with E-state index in [-0.39, 0.29) is 5.41 Å². The van der Waals surface area contributed by atoms with Crippen molar-refractivity contribution in [1.82, 2.24) is 0 Å². The van der Waals surface area contributed by atoms with Gasteiger partial charge in [0.05, 0.1) is 0 Å². The maximum atomic E-state index is 10.7. The molecule has 4 rings (SSSR count). The van der Waals surface area contributed by atoms with Gasteiger partial charge >= 0.3 is 0 Å². The van der Waals surface area contributed by atoms with Gasteiger partial charge in [0.25, 0.3) is 0 Å². The molecule has 1 aromatic carbocycles. The summed E-state index contributed by atoms with van der Waals surface area (Å²) in [7, 11) is 0. The first-order valence-electron chi connectivity index (χ1n) is 8.87. The number of hydrogen-bond acceptors (Lipinski definition) is 2. The summed E-state index contributed by atoms with van der Waals surface area (Å²) in [6, 6.07) is 5.90. The predicted octanol–water partition coefficient (Wildman–Crippen LogP) is 3.86. The van der Waals surface area contributed by atoms with E-state index in [9.17, 15) is 10.2 Å². The van der Waals surface area contributed by atoms with Crippen LogP contribution in [-0.4, -0.2) is 15.8 Å². The lowest BCUT2D eigenvalue weighted by molar-refractivity contribution is 0.0233. The lowest BCUT2D eigenvalue weighted by Gasteiger charge is -2.52. The van der Waals surface area contributed by atoms with Gasteiger partial charge in [0.1, 0.15) is 11.4 Å². The summed E-state index contributed by atoms with van der Waals surface area (Å²) < 4.78 is 0. The van der Waals surface area contributed by atoms with E-state index in [0.717, 1.165) is 32.1 Å². The maximum Gasteiger partial charge on any atom is 0.126 e. The number of hydrogen-bond donors (Lipinski definition) is 2. The molecule has 0 bridgehead atoms. The second-order valence-electron chi connectivity index (χ2n) is 8.61. The second-order valence-corrected chi connectivity index (χ2v) is 8.61. The number of phenolic OH excluding ortho intramolecular Hbond substituents is 1. The van der Waals surface area contributed by atoms with Gasteiger partial charge in [0.15, 0.2) is 0 Å². The molecule has 3 aliphatic carbocycles. The van der Waals surface area contributed by atoms with Crippen molar-refractivity contribution in [3.63, 3.8) is 0 Å². The Morgan fingerprint density at radius 3 is 2.83 bits per heavy atom. The van der Waals surface area contributed by atoms with Crippen LogP contribution in [0.1, 0.15) is 56.6 Å². The average molecular weight is 310 g/mol. The zero-order valence-corrected chi connectivity index (χ0v) is 14.0. The van der Waals surface area contributed by atoms with E-state index in [1.165, 1.54) is 11.1 Å². The molecule has 6 atom stereocenters. The number of phenols is 1. The minimum Gasteiger partial charge on any atom is -0.508 e. The quantitative estimate of drug-likeness (QED) is 0.714. The smallest absolute Gasteiger partial charge is 0.126 e. The lowest BCUT2D eigenvalue weighted by atomic mass is 9.52. The fourth-order valence-corrected chi connectivity index (χ4v) is 6.39. The zero-order chi connectivity index (χ0) is 16.4. The monoisotopic (exact) mass is 310 g/mol. The van der Waals surface area contributed by atoms with E-state index in [2.05, 4.69) is 25.8 Å². The summed E-state index contributed by atoms with van der Waals surface area (Å²) in [5.74, 6) is 5.29. The van der Waals surface area contributed by atoms with Crippen LogP contribution < -0.4 is 0 Å². The topological polar surface area (TPSA) is 40.5 Å². The Morgan fingerprint density at radius 1 is 1.30 bits per heavy atom. The highest BCUT2D eigenvalue weighted by Crippen LogP contribution is 2.64. The number of aromatic hydroxyl groups is 1. The standard InChI is InChI=1S/C21H26O2/c1-4-21(23)11-18-17-7-5-14-9-15(22)6-8-16(14)19(17)13(2)10-20(18,3)12-21/h1,6,8-9,13,17-19,22-23H,5,7,10-12H2,2-3H3/t13-,17-,18-,19+,20+,21-/m0/s1. The highest BCUT2D eigenvalue weighted by Gasteiger charge is 2.58. The van der Waals surface area contributed by atoms with Crippen LogP contribution in [0.2, 0.25) is 0 Å². The molecule has 0 radical (unpaired) electrons. The molecule has 0 saturated heterocycles. The normalized spacial score (nSPS) is 44.8. The van der Waals surface area contributed by atoms with Crippen LogP contribution in [0, 0.1) is 35.5 Å². The van der Waals surface area contributed by atoms with Gasteiger partial charge in [-0.2, -0.15) is 0 Å². The Kier molecular flexibility index (Phi) is 3.13. The van der Waals surface area contributed by atoms with E-state index in [4.69, 9.17) is 6.42 Å². The lowest BCUT2D eigenvalue weighted by Crippen LogP contribution is -2.43. The third-order valence-electron chi connectivity index (χ3n) is 7.03. The molecule has 3 aliphatic rings. The Labute approximate surface area is 138 Å². The number of rotatable bonds is 0. The van der Waals surface area contributed by atoms with Crippen LogP contribution in [0.15, 0.2) is 18.2 Å². The minimum absolute atomic E-state index is 0.163. The van der Waals surface area contributed by atoms with Gasteiger partial charge in [-0.05, 0) is 84.5 Å². The Morgan fingerprint density at radius 2 is 2.09 bits per heavy atom. The fraction of sp³-hybridized carbons (Fsp3) is 0.619. The van der Waals surface area contributed by atoms with Crippen molar-refractivity contribution in [2.24, 2.45) is 23.2 Å². The average Bonchev–Trinajstić information content (AvgIpc) is 2.78. The number of benzene rings is 1. The maximum absolute atomic E-state index is 10.7. The van der Waals surface area contributed by atoms with Crippen molar-refractivity contribution in [3.05, 3.63) is 29.3 Å². The molecule has 0 aromatic heterocycles. The van der Waals surface area contributed by atoms with E-state index in [1.54, 1.807) is 0 Å². The first kappa shape index (κ1) is 15.1. The van der Waals surface area contributed by atoms with Gasteiger partial charge < -0.3 is 10.2 Å². The molecule has 2 N–H and O–H groups in total. The Bertz CT molecular complexity index is 688. The highest BCUT2D eigenvalue weighted by molar-refractivity contribution is 5.40. The summed E-state index contributed by atoms with van der Waals surface area (Å²) in [4.78, 5) is 0. The minimum atomic E-state index is -0.913. The summed E-state index contributed by atoms with van der Waals surface area (Å²) >= 11 is 0. The molecule has 0 spiro atoms. The third kappa shape index (κ3) is 2.13. The van der Waals surface area contributed by atoms with Crippen LogP contribution in [0.5, 0.6) is 5.75 Å². The van der Waals surface area contributed by atoms with Crippen LogP contribution >= 0.6 is 0 Å². The van der Waals surface area contributed by atoms with Crippen LogP contribution in [-0.2, 0) is 6.42 Å². The van der Waals surface area contributed by atoms with Gasteiger partial charge in [-0.25, -0.2) is 0 Å². The molecule has 2 heteroatoms. The first-order valence-corrected chi connectivity index (χ1v) is 8.87. The molecule has 2 nitrogen and oxygen atoms in total. The summed E-state index contributed by atoms with van der Waals surface area (Å²) in [5, 5.41) is 20.5. The predicted molar refractivity (Wildman–Crippen MR) is 91.1 cm³/mol. The van der Waals surface area contributed by atoms with Crippen molar-refractivity contribution < 1.29 is 10.2 Å². The highest BCUT2D eigenvalue weighted by atomic mass is 16.3. The van der Waals surface area contributed by atoms with Crippen molar-refractivity contribution in [2.45, 2.75) is 57.5 Å². The molecule has 0 aliphatic heterocycles. The number of fused-ring (bicyclic) bond motifs is 5. The molecule has 2 saturated carbocycles. The number of terminal acetylenes is 1. The first-order chi connectivity index (χ1) is 10.9. The van der Waals surface area contributed by atoms with Crippen LogP contribution in [0.3, 0.4) is 0 Å².